The fraction of sp³-hybridized carbons (Fsp3) is 0.889. The maximum Gasteiger partial charge on any atom is 0.158 e. The van der Waals surface area contributed by atoms with Crippen LogP contribution in [0.2, 0.25) is 0 Å². The number of ether oxygens (including phenoxy) is 2. The van der Waals surface area contributed by atoms with Crippen molar-refractivity contribution in [2.75, 3.05) is 13.2 Å². The topological polar surface area (TPSA) is 35.5 Å². The molecule has 0 radical (unpaired) electrons. The third-order valence-corrected chi connectivity index (χ3v) is 2.35. The molecule has 0 amide bonds. The lowest BCUT2D eigenvalue weighted by atomic mass is 10.1. The Labute approximate surface area is 72.0 Å². The van der Waals surface area contributed by atoms with Gasteiger partial charge in [0, 0.05) is 18.8 Å². The lowest BCUT2D eigenvalue weighted by Gasteiger charge is -2.06. The van der Waals surface area contributed by atoms with Crippen molar-refractivity contribution in [3.05, 3.63) is 0 Å². The van der Waals surface area contributed by atoms with Gasteiger partial charge >= 0.3 is 0 Å². The number of hydrogen-bond donors (Lipinski definition) is 0. The number of hydrogen-bond acceptors (Lipinski definition) is 3. The monoisotopic (exact) mass is 170 g/mol. The van der Waals surface area contributed by atoms with Crippen LogP contribution in [0.15, 0.2) is 0 Å². The first-order chi connectivity index (χ1) is 5.86. The Morgan fingerprint density at radius 2 is 1.92 bits per heavy atom. The molecule has 12 heavy (non-hydrogen) atoms. The van der Waals surface area contributed by atoms with E-state index >= 15 is 0 Å². The van der Waals surface area contributed by atoms with Crippen LogP contribution >= 0.6 is 0 Å². The Bertz CT molecular complexity index is 169. The average molecular weight is 170 g/mol. The van der Waals surface area contributed by atoms with E-state index in [1.807, 2.05) is 0 Å². The first-order valence-corrected chi connectivity index (χ1v) is 4.62. The second-order valence-corrected chi connectivity index (χ2v) is 3.45. The number of Topliss-reactive ketones (excluding diaryl/α,β-unsaturated/α-hetero) is 1. The van der Waals surface area contributed by atoms with Crippen LogP contribution in [0, 0.1) is 5.92 Å². The normalized spacial score (nSPS) is 24.7. The molecule has 0 bridgehead atoms. The molecule has 3 heteroatoms. The van der Waals surface area contributed by atoms with E-state index in [-0.39, 0.29) is 6.29 Å². The molecule has 2 aliphatic rings. The predicted molar refractivity (Wildman–Crippen MR) is 42.7 cm³/mol. The average Bonchev–Trinajstić information content (AvgIpc) is 2.80. The lowest BCUT2D eigenvalue weighted by molar-refractivity contribution is -0.122. The molecule has 0 atom stereocenters. The van der Waals surface area contributed by atoms with Gasteiger partial charge in [-0.25, -0.2) is 0 Å². The summed E-state index contributed by atoms with van der Waals surface area (Å²) in [6, 6.07) is 0. The summed E-state index contributed by atoms with van der Waals surface area (Å²) in [5, 5.41) is 0. The SMILES string of the molecule is O=C(CCC1OCCO1)C1CC1. The highest BCUT2D eigenvalue weighted by molar-refractivity contribution is 5.83. The van der Waals surface area contributed by atoms with E-state index in [4.69, 9.17) is 9.47 Å². The Morgan fingerprint density at radius 1 is 1.25 bits per heavy atom. The summed E-state index contributed by atoms with van der Waals surface area (Å²) in [5.74, 6) is 0.778. The Morgan fingerprint density at radius 3 is 2.50 bits per heavy atom. The van der Waals surface area contributed by atoms with Crippen molar-refractivity contribution in [3.8, 4) is 0 Å². The standard InChI is InChI=1S/C9H14O3/c10-8(7-1-2-7)3-4-9-11-5-6-12-9/h7,9H,1-6H2. The van der Waals surface area contributed by atoms with Gasteiger partial charge in [0.15, 0.2) is 6.29 Å². The first kappa shape index (κ1) is 8.20. The summed E-state index contributed by atoms with van der Waals surface area (Å²) in [4.78, 5) is 11.3. The molecule has 2 fully saturated rings. The summed E-state index contributed by atoms with van der Waals surface area (Å²) in [7, 11) is 0. The Balaban J connectivity index is 1.63. The van der Waals surface area contributed by atoms with Gasteiger partial charge in [0.25, 0.3) is 0 Å². The highest BCUT2D eigenvalue weighted by Crippen LogP contribution is 2.31. The van der Waals surface area contributed by atoms with Crippen LogP contribution < -0.4 is 0 Å². The minimum atomic E-state index is -0.104. The summed E-state index contributed by atoms with van der Waals surface area (Å²) in [6.45, 7) is 1.37. The van der Waals surface area contributed by atoms with E-state index in [0.717, 1.165) is 19.3 Å². The lowest BCUT2D eigenvalue weighted by Crippen LogP contribution is -2.11. The van der Waals surface area contributed by atoms with Crippen molar-refractivity contribution in [2.45, 2.75) is 32.0 Å². The number of ketones is 1. The van der Waals surface area contributed by atoms with Crippen molar-refractivity contribution in [2.24, 2.45) is 5.92 Å². The second-order valence-electron chi connectivity index (χ2n) is 3.45. The van der Waals surface area contributed by atoms with Crippen molar-refractivity contribution in [1.29, 1.82) is 0 Å². The quantitative estimate of drug-likeness (QED) is 0.634. The summed E-state index contributed by atoms with van der Waals surface area (Å²) >= 11 is 0. The van der Waals surface area contributed by atoms with Gasteiger partial charge in [-0.2, -0.15) is 0 Å². The molecule has 0 N–H and O–H groups in total. The van der Waals surface area contributed by atoms with Crippen LogP contribution in [0.1, 0.15) is 25.7 Å². The molecule has 1 heterocycles. The molecule has 1 saturated heterocycles. The highest BCUT2D eigenvalue weighted by Gasteiger charge is 2.29. The van der Waals surface area contributed by atoms with Crippen molar-refractivity contribution >= 4 is 5.78 Å². The molecule has 3 nitrogen and oxygen atoms in total. The van der Waals surface area contributed by atoms with Crippen LogP contribution in [0.5, 0.6) is 0 Å². The molecule has 0 spiro atoms. The Kier molecular flexibility index (Phi) is 2.42. The van der Waals surface area contributed by atoms with Gasteiger partial charge in [0.2, 0.25) is 0 Å². The number of carbonyl (C=O) groups excluding carboxylic acids is 1. The molecular weight excluding hydrogens is 156 g/mol. The first-order valence-electron chi connectivity index (χ1n) is 4.62. The number of rotatable bonds is 4. The minimum Gasteiger partial charge on any atom is -0.350 e. The van der Waals surface area contributed by atoms with E-state index in [1.54, 1.807) is 0 Å². The zero-order valence-corrected chi connectivity index (χ0v) is 7.12. The van der Waals surface area contributed by atoms with Crippen LogP contribution in [0.4, 0.5) is 0 Å². The van der Waals surface area contributed by atoms with Gasteiger partial charge in [-0.05, 0) is 12.8 Å². The van der Waals surface area contributed by atoms with E-state index in [0.29, 0.717) is 31.3 Å². The predicted octanol–water partition coefficient (Wildman–Crippen LogP) is 1.12. The molecule has 1 aliphatic heterocycles. The fourth-order valence-corrected chi connectivity index (χ4v) is 1.44. The second kappa shape index (κ2) is 3.54. The van der Waals surface area contributed by atoms with Crippen LogP contribution in [0.25, 0.3) is 0 Å². The van der Waals surface area contributed by atoms with Crippen LogP contribution in [-0.2, 0) is 14.3 Å². The smallest absolute Gasteiger partial charge is 0.158 e. The van der Waals surface area contributed by atoms with E-state index in [1.165, 1.54) is 0 Å². The fourth-order valence-electron chi connectivity index (χ4n) is 1.44. The summed E-state index contributed by atoms with van der Waals surface area (Å²) < 4.78 is 10.5. The minimum absolute atomic E-state index is 0.104. The van der Waals surface area contributed by atoms with E-state index in [9.17, 15) is 4.79 Å². The molecule has 0 aromatic heterocycles. The van der Waals surface area contributed by atoms with Gasteiger partial charge < -0.3 is 9.47 Å². The Hall–Kier alpha value is -0.410. The molecule has 2 rings (SSSR count). The number of carbonyl (C=O) groups is 1. The largest absolute Gasteiger partial charge is 0.350 e. The molecule has 1 aliphatic carbocycles. The van der Waals surface area contributed by atoms with Gasteiger partial charge in [-0.15, -0.1) is 0 Å². The van der Waals surface area contributed by atoms with Crippen molar-refractivity contribution < 1.29 is 14.3 Å². The zero-order valence-electron chi connectivity index (χ0n) is 7.12. The third-order valence-electron chi connectivity index (χ3n) is 2.35. The van der Waals surface area contributed by atoms with E-state index in [2.05, 4.69) is 0 Å². The molecule has 0 aromatic carbocycles. The van der Waals surface area contributed by atoms with E-state index < -0.39 is 0 Å². The zero-order chi connectivity index (χ0) is 8.39. The summed E-state index contributed by atoms with van der Waals surface area (Å²) in [6.07, 6.45) is 3.48. The van der Waals surface area contributed by atoms with Crippen LogP contribution in [0.3, 0.4) is 0 Å². The van der Waals surface area contributed by atoms with Crippen molar-refractivity contribution in [1.82, 2.24) is 0 Å². The molecule has 68 valence electrons. The van der Waals surface area contributed by atoms with Gasteiger partial charge in [0.1, 0.15) is 5.78 Å². The molecule has 0 unspecified atom stereocenters. The molecular formula is C9H14O3. The highest BCUT2D eigenvalue weighted by atomic mass is 16.7. The summed E-state index contributed by atoms with van der Waals surface area (Å²) in [5.41, 5.74) is 0. The van der Waals surface area contributed by atoms with Gasteiger partial charge in [-0.1, -0.05) is 0 Å². The molecule has 0 aromatic rings. The maximum atomic E-state index is 11.3. The van der Waals surface area contributed by atoms with Crippen molar-refractivity contribution in [3.63, 3.8) is 0 Å². The van der Waals surface area contributed by atoms with Gasteiger partial charge in [-0.3, -0.25) is 4.79 Å². The van der Waals surface area contributed by atoms with Crippen LogP contribution in [-0.4, -0.2) is 25.3 Å². The van der Waals surface area contributed by atoms with Gasteiger partial charge in [0.05, 0.1) is 13.2 Å². The molecule has 1 saturated carbocycles. The maximum absolute atomic E-state index is 11.3. The third kappa shape index (κ3) is 2.05.